The fourth-order valence-corrected chi connectivity index (χ4v) is 0.395. The molecule has 3 N–H and O–H groups in total. The third-order valence-corrected chi connectivity index (χ3v) is 0.746. The SMILES string of the molecule is O=C(O)CC(=O)NCCO. The van der Waals surface area contributed by atoms with E-state index in [4.69, 9.17) is 10.2 Å². The summed E-state index contributed by atoms with van der Waals surface area (Å²) in [5.74, 6) is -1.75. The van der Waals surface area contributed by atoms with Crippen LogP contribution in [0.1, 0.15) is 6.42 Å². The first-order valence-electron chi connectivity index (χ1n) is 2.76. The number of carbonyl (C=O) groups excluding carboxylic acids is 1. The molecule has 0 aromatic carbocycles. The highest BCUT2D eigenvalue weighted by Crippen LogP contribution is 1.77. The summed E-state index contributed by atoms with van der Waals surface area (Å²) < 4.78 is 0. The van der Waals surface area contributed by atoms with Gasteiger partial charge in [0.05, 0.1) is 6.61 Å². The molecular formula is C5H9NO4. The van der Waals surface area contributed by atoms with Gasteiger partial charge in [-0.15, -0.1) is 0 Å². The highest BCUT2D eigenvalue weighted by molar-refractivity contribution is 5.93. The van der Waals surface area contributed by atoms with Gasteiger partial charge in [-0.25, -0.2) is 0 Å². The van der Waals surface area contributed by atoms with Crippen molar-refractivity contribution in [2.75, 3.05) is 13.2 Å². The second kappa shape index (κ2) is 4.75. The lowest BCUT2D eigenvalue weighted by atomic mass is 10.4. The highest BCUT2D eigenvalue weighted by atomic mass is 16.4. The van der Waals surface area contributed by atoms with Crippen LogP contribution < -0.4 is 5.32 Å². The number of nitrogens with one attached hydrogen (secondary N) is 1. The number of carboxylic acid groups (broad SMARTS) is 1. The van der Waals surface area contributed by atoms with Gasteiger partial charge in [-0.2, -0.15) is 0 Å². The predicted molar refractivity (Wildman–Crippen MR) is 32.3 cm³/mol. The molecule has 5 nitrogen and oxygen atoms in total. The molecule has 0 fully saturated rings. The van der Waals surface area contributed by atoms with Gasteiger partial charge in [0.2, 0.25) is 5.91 Å². The van der Waals surface area contributed by atoms with Crippen LogP contribution >= 0.6 is 0 Å². The Balaban J connectivity index is 3.35. The van der Waals surface area contributed by atoms with Gasteiger partial charge < -0.3 is 15.5 Å². The van der Waals surface area contributed by atoms with E-state index < -0.39 is 18.3 Å². The molecule has 0 unspecified atom stereocenters. The molecule has 0 bridgehead atoms. The Labute approximate surface area is 57.7 Å². The van der Waals surface area contributed by atoms with E-state index in [1.807, 2.05) is 0 Å². The molecule has 0 heterocycles. The van der Waals surface area contributed by atoms with Crippen LogP contribution in [0, 0.1) is 0 Å². The van der Waals surface area contributed by atoms with Crippen molar-refractivity contribution in [2.24, 2.45) is 0 Å². The van der Waals surface area contributed by atoms with Crippen LogP contribution in [0.4, 0.5) is 0 Å². The van der Waals surface area contributed by atoms with E-state index in [0.29, 0.717) is 0 Å². The zero-order valence-corrected chi connectivity index (χ0v) is 5.33. The summed E-state index contributed by atoms with van der Waals surface area (Å²) in [6, 6.07) is 0. The fourth-order valence-electron chi connectivity index (χ4n) is 0.395. The highest BCUT2D eigenvalue weighted by Gasteiger charge is 2.04. The van der Waals surface area contributed by atoms with Crippen molar-refractivity contribution in [3.63, 3.8) is 0 Å². The summed E-state index contributed by atoms with van der Waals surface area (Å²) in [7, 11) is 0. The number of aliphatic hydroxyl groups excluding tert-OH is 1. The number of amides is 1. The monoisotopic (exact) mass is 147 g/mol. The van der Waals surface area contributed by atoms with Crippen LogP contribution in [-0.4, -0.2) is 35.2 Å². The average molecular weight is 147 g/mol. The smallest absolute Gasteiger partial charge is 0.312 e. The van der Waals surface area contributed by atoms with Gasteiger partial charge >= 0.3 is 5.97 Å². The van der Waals surface area contributed by atoms with Crippen molar-refractivity contribution in [2.45, 2.75) is 6.42 Å². The number of hydrogen-bond acceptors (Lipinski definition) is 3. The lowest BCUT2D eigenvalue weighted by molar-refractivity contribution is -0.140. The number of aliphatic carboxylic acids is 1. The van der Waals surface area contributed by atoms with E-state index in [1.165, 1.54) is 0 Å². The largest absolute Gasteiger partial charge is 0.481 e. The van der Waals surface area contributed by atoms with E-state index in [2.05, 4.69) is 5.32 Å². The summed E-state index contributed by atoms with van der Waals surface area (Å²) in [6.07, 6.45) is -0.542. The van der Waals surface area contributed by atoms with Crippen LogP contribution in [0.3, 0.4) is 0 Å². The first-order chi connectivity index (χ1) is 4.66. The summed E-state index contributed by atoms with van der Waals surface area (Å²) in [5.41, 5.74) is 0. The molecular weight excluding hydrogens is 138 g/mol. The minimum absolute atomic E-state index is 0.103. The Bertz CT molecular complexity index is 134. The molecule has 0 aliphatic rings. The Morgan fingerprint density at radius 2 is 2.00 bits per heavy atom. The maximum atomic E-state index is 10.4. The van der Waals surface area contributed by atoms with Crippen LogP contribution in [0.5, 0.6) is 0 Å². The van der Waals surface area contributed by atoms with E-state index >= 15 is 0 Å². The summed E-state index contributed by atoms with van der Waals surface area (Å²) in [6.45, 7) is -0.0720. The van der Waals surface area contributed by atoms with Gasteiger partial charge in [0, 0.05) is 6.54 Å². The molecule has 0 spiro atoms. The standard InChI is InChI=1S/C5H9NO4/c7-2-1-6-4(8)3-5(9)10/h7H,1-3H2,(H,6,8)(H,9,10). The van der Waals surface area contributed by atoms with Crippen molar-refractivity contribution < 1.29 is 19.8 Å². The molecule has 0 saturated carbocycles. The quantitative estimate of drug-likeness (QED) is 0.425. The fraction of sp³-hybridized carbons (Fsp3) is 0.600. The van der Waals surface area contributed by atoms with Gasteiger partial charge in [0.15, 0.2) is 0 Å². The van der Waals surface area contributed by atoms with Crippen molar-refractivity contribution in [3.8, 4) is 0 Å². The van der Waals surface area contributed by atoms with Gasteiger partial charge in [0.25, 0.3) is 0 Å². The minimum Gasteiger partial charge on any atom is -0.481 e. The third-order valence-electron chi connectivity index (χ3n) is 0.746. The maximum Gasteiger partial charge on any atom is 0.312 e. The second-order valence-corrected chi connectivity index (χ2v) is 1.64. The Morgan fingerprint density at radius 1 is 1.40 bits per heavy atom. The number of carbonyl (C=O) groups is 2. The van der Waals surface area contributed by atoms with Gasteiger partial charge in [0.1, 0.15) is 6.42 Å². The van der Waals surface area contributed by atoms with Crippen molar-refractivity contribution >= 4 is 11.9 Å². The Hall–Kier alpha value is -1.10. The van der Waals surface area contributed by atoms with E-state index in [-0.39, 0.29) is 13.2 Å². The molecule has 10 heavy (non-hydrogen) atoms. The lowest BCUT2D eigenvalue weighted by Crippen LogP contribution is -2.28. The number of aliphatic hydroxyl groups is 1. The normalized spacial score (nSPS) is 8.90. The molecule has 0 aliphatic heterocycles. The van der Waals surface area contributed by atoms with Crippen LogP contribution in [0.2, 0.25) is 0 Å². The van der Waals surface area contributed by atoms with Crippen molar-refractivity contribution in [1.29, 1.82) is 0 Å². The molecule has 0 saturated heterocycles. The molecule has 5 heteroatoms. The summed E-state index contributed by atoms with van der Waals surface area (Å²) >= 11 is 0. The molecule has 1 amide bonds. The van der Waals surface area contributed by atoms with E-state index in [0.717, 1.165) is 0 Å². The second-order valence-electron chi connectivity index (χ2n) is 1.64. The number of carboxylic acids is 1. The van der Waals surface area contributed by atoms with Crippen molar-refractivity contribution in [1.82, 2.24) is 5.32 Å². The average Bonchev–Trinajstić information content (AvgIpc) is 1.82. The van der Waals surface area contributed by atoms with Crippen molar-refractivity contribution in [3.05, 3.63) is 0 Å². The predicted octanol–water partition coefficient (Wildman–Crippen LogP) is -1.43. The third kappa shape index (κ3) is 5.04. The Kier molecular flexibility index (Phi) is 4.23. The van der Waals surface area contributed by atoms with Gasteiger partial charge in [-0.1, -0.05) is 0 Å². The summed E-state index contributed by atoms with van der Waals surface area (Å²) in [5, 5.41) is 18.4. The zero-order valence-electron chi connectivity index (χ0n) is 5.33. The first-order valence-corrected chi connectivity index (χ1v) is 2.76. The van der Waals surface area contributed by atoms with E-state index in [1.54, 1.807) is 0 Å². The first kappa shape index (κ1) is 8.90. The van der Waals surface area contributed by atoms with Crippen LogP contribution in [0.25, 0.3) is 0 Å². The number of rotatable bonds is 4. The molecule has 0 aromatic heterocycles. The Morgan fingerprint density at radius 3 is 2.40 bits per heavy atom. The summed E-state index contributed by atoms with van der Waals surface area (Å²) in [4.78, 5) is 20.3. The molecule has 0 aromatic rings. The minimum atomic E-state index is -1.17. The molecule has 58 valence electrons. The zero-order chi connectivity index (χ0) is 7.98. The molecule has 0 aliphatic carbocycles. The van der Waals surface area contributed by atoms with Crippen LogP contribution in [-0.2, 0) is 9.59 Å². The topological polar surface area (TPSA) is 86.6 Å². The lowest BCUT2D eigenvalue weighted by Gasteiger charge is -1.97. The van der Waals surface area contributed by atoms with Crippen LogP contribution in [0.15, 0.2) is 0 Å². The molecule has 0 rings (SSSR count). The molecule has 0 atom stereocenters. The molecule has 0 radical (unpaired) electrons. The van der Waals surface area contributed by atoms with Gasteiger partial charge in [-0.3, -0.25) is 9.59 Å². The maximum absolute atomic E-state index is 10.4. The number of hydrogen-bond donors (Lipinski definition) is 3. The van der Waals surface area contributed by atoms with Gasteiger partial charge in [-0.05, 0) is 0 Å². The van der Waals surface area contributed by atoms with E-state index in [9.17, 15) is 9.59 Å².